The van der Waals surface area contributed by atoms with Crippen molar-refractivity contribution in [1.29, 1.82) is 0 Å². The molecule has 0 radical (unpaired) electrons. The fourth-order valence-electron chi connectivity index (χ4n) is 1.54. The normalized spacial score (nSPS) is 12.1. The molecule has 0 aromatic heterocycles. The van der Waals surface area contributed by atoms with Crippen LogP contribution in [-0.4, -0.2) is 43.3 Å². The molecule has 1 amide bonds. The molecule has 1 atom stereocenters. The molecule has 1 unspecified atom stereocenters. The molecule has 4 N–H and O–H groups in total. The van der Waals surface area contributed by atoms with Gasteiger partial charge in [0.2, 0.25) is 5.91 Å². The number of hydrogen-bond acceptors (Lipinski definition) is 4. The monoisotopic (exact) mass is 260 g/mol. The second-order valence-electron chi connectivity index (χ2n) is 4.19. The van der Waals surface area contributed by atoms with Crippen LogP contribution in [0.5, 0.6) is 0 Å². The molecule has 0 fully saturated rings. The number of carboxylic acids is 1. The molecule has 0 aliphatic heterocycles. The predicted molar refractivity (Wildman–Crippen MR) is 68.2 cm³/mol. The third-order valence-electron chi connectivity index (χ3n) is 2.60. The molecule has 6 nitrogen and oxygen atoms in total. The molecule has 0 aromatic rings. The van der Waals surface area contributed by atoms with Crippen LogP contribution >= 0.6 is 0 Å². The number of hydrogen-bond donors (Lipinski definition) is 3. The third kappa shape index (κ3) is 8.95. The molecule has 0 aliphatic carbocycles. The molecule has 6 heteroatoms. The Morgan fingerprint density at radius 1 is 1.28 bits per heavy atom. The number of rotatable bonds is 11. The average molecular weight is 260 g/mol. The number of unbranched alkanes of at least 4 members (excludes halogenated alkanes) is 3. The Hall–Kier alpha value is -1.14. The highest BCUT2D eigenvalue weighted by atomic mass is 16.5. The van der Waals surface area contributed by atoms with Gasteiger partial charge in [-0.3, -0.25) is 4.79 Å². The molecular formula is C12H24N2O4. The largest absolute Gasteiger partial charge is 0.480 e. The molecule has 0 rings (SSSR count). The highest BCUT2D eigenvalue weighted by molar-refractivity contribution is 5.83. The van der Waals surface area contributed by atoms with Crippen LogP contribution in [0.2, 0.25) is 0 Å². The van der Waals surface area contributed by atoms with Crippen molar-refractivity contribution in [3.05, 3.63) is 0 Å². The van der Waals surface area contributed by atoms with Crippen LogP contribution in [0.1, 0.15) is 38.5 Å². The van der Waals surface area contributed by atoms with Gasteiger partial charge in [0.05, 0.1) is 0 Å². The number of amides is 1. The first-order chi connectivity index (χ1) is 8.61. The minimum absolute atomic E-state index is 0.216. The fraction of sp³-hybridized carbons (Fsp3) is 0.833. The van der Waals surface area contributed by atoms with Crippen molar-refractivity contribution < 1.29 is 19.4 Å². The minimum atomic E-state index is -1.02. The summed E-state index contributed by atoms with van der Waals surface area (Å²) >= 11 is 0. The Labute approximate surface area is 108 Å². The smallest absolute Gasteiger partial charge is 0.326 e. The number of carbonyl (C=O) groups is 2. The summed E-state index contributed by atoms with van der Waals surface area (Å²) in [5, 5.41) is 11.4. The molecule has 0 aromatic carbocycles. The molecule has 0 saturated heterocycles. The van der Waals surface area contributed by atoms with Gasteiger partial charge in [-0.05, 0) is 19.4 Å². The quantitative estimate of drug-likeness (QED) is 0.470. The fourth-order valence-corrected chi connectivity index (χ4v) is 1.54. The van der Waals surface area contributed by atoms with E-state index in [2.05, 4.69) is 5.32 Å². The lowest BCUT2D eigenvalue weighted by molar-refractivity contribution is -0.142. The van der Waals surface area contributed by atoms with E-state index in [1.165, 1.54) is 7.11 Å². The number of carboxylic acid groups (broad SMARTS) is 1. The van der Waals surface area contributed by atoms with Gasteiger partial charge in [-0.2, -0.15) is 0 Å². The van der Waals surface area contributed by atoms with Gasteiger partial charge in [-0.15, -0.1) is 0 Å². The summed E-state index contributed by atoms with van der Waals surface area (Å²) in [4.78, 5) is 22.4. The van der Waals surface area contributed by atoms with Gasteiger partial charge in [-0.25, -0.2) is 4.79 Å². The number of ether oxygens (including phenoxy) is 1. The summed E-state index contributed by atoms with van der Waals surface area (Å²) in [5.41, 5.74) is 5.36. The zero-order chi connectivity index (χ0) is 13.8. The lowest BCUT2D eigenvalue weighted by Gasteiger charge is -2.13. The summed E-state index contributed by atoms with van der Waals surface area (Å²) in [7, 11) is 1.50. The molecule has 0 spiro atoms. The Kier molecular flexibility index (Phi) is 10.3. The summed E-state index contributed by atoms with van der Waals surface area (Å²) < 4.78 is 4.80. The van der Waals surface area contributed by atoms with E-state index in [1.807, 2.05) is 0 Å². The first-order valence-corrected chi connectivity index (χ1v) is 6.33. The molecule has 0 heterocycles. The zero-order valence-electron chi connectivity index (χ0n) is 11.0. The van der Waals surface area contributed by atoms with Crippen LogP contribution in [0.25, 0.3) is 0 Å². The van der Waals surface area contributed by atoms with E-state index < -0.39 is 12.0 Å². The molecule has 18 heavy (non-hydrogen) atoms. The number of methoxy groups -OCH3 is 1. The first-order valence-electron chi connectivity index (χ1n) is 6.33. The van der Waals surface area contributed by atoms with E-state index >= 15 is 0 Å². The third-order valence-corrected chi connectivity index (χ3v) is 2.60. The van der Waals surface area contributed by atoms with Crippen molar-refractivity contribution in [3.8, 4) is 0 Å². The van der Waals surface area contributed by atoms with Crippen molar-refractivity contribution >= 4 is 11.9 Å². The van der Waals surface area contributed by atoms with Crippen molar-refractivity contribution in [2.45, 2.75) is 44.6 Å². The summed E-state index contributed by atoms with van der Waals surface area (Å²) in [5.74, 6) is -1.24. The van der Waals surface area contributed by atoms with E-state index in [0.717, 1.165) is 25.7 Å². The second-order valence-corrected chi connectivity index (χ2v) is 4.19. The van der Waals surface area contributed by atoms with Gasteiger partial charge in [0.1, 0.15) is 6.04 Å². The molecular weight excluding hydrogens is 236 g/mol. The molecule has 0 saturated carbocycles. The average Bonchev–Trinajstić information content (AvgIpc) is 2.33. The van der Waals surface area contributed by atoms with E-state index in [4.69, 9.17) is 15.6 Å². The number of aliphatic carboxylic acids is 1. The highest BCUT2D eigenvalue weighted by Crippen LogP contribution is 2.03. The Balaban J connectivity index is 3.77. The highest BCUT2D eigenvalue weighted by Gasteiger charge is 2.18. The van der Waals surface area contributed by atoms with Gasteiger partial charge in [-0.1, -0.05) is 12.8 Å². The van der Waals surface area contributed by atoms with Crippen molar-refractivity contribution in [2.75, 3.05) is 20.3 Å². The van der Waals surface area contributed by atoms with E-state index in [9.17, 15) is 9.59 Å². The minimum Gasteiger partial charge on any atom is -0.480 e. The van der Waals surface area contributed by atoms with Gasteiger partial charge < -0.3 is 20.9 Å². The Morgan fingerprint density at radius 2 is 1.94 bits per heavy atom. The van der Waals surface area contributed by atoms with E-state index in [1.54, 1.807) is 0 Å². The van der Waals surface area contributed by atoms with Crippen LogP contribution in [0.15, 0.2) is 0 Å². The van der Waals surface area contributed by atoms with Crippen LogP contribution < -0.4 is 11.1 Å². The molecule has 0 bridgehead atoms. The first kappa shape index (κ1) is 16.9. The summed E-state index contributed by atoms with van der Waals surface area (Å²) in [6.07, 6.45) is 4.33. The zero-order valence-corrected chi connectivity index (χ0v) is 11.0. The standard InChI is InChI=1S/C12H24N2O4/c1-18-9-7-10(12(16)17)14-11(15)6-4-2-3-5-8-13/h10H,2-9,13H2,1H3,(H,14,15)(H,16,17). The Morgan fingerprint density at radius 3 is 2.50 bits per heavy atom. The van der Waals surface area contributed by atoms with E-state index in [-0.39, 0.29) is 12.3 Å². The summed E-state index contributed by atoms with van der Waals surface area (Å²) in [6.45, 7) is 0.984. The topological polar surface area (TPSA) is 102 Å². The maximum Gasteiger partial charge on any atom is 0.326 e. The van der Waals surface area contributed by atoms with Crippen molar-refractivity contribution in [3.63, 3.8) is 0 Å². The van der Waals surface area contributed by atoms with Gasteiger partial charge in [0.25, 0.3) is 0 Å². The number of nitrogens with two attached hydrogens (primary N) is 1. The number of nitrogens with one attached hydrogen (secondary N) is 1. The van der Waals surface area contributed by atoms with Crippen LogP contribution in [0, 0.1) is 0 Å². The summed E-state index contributed by atoms with van der Waals surface area (Å²) in [6, 6.07) is -0.860. The maximum atomic E-state index is 11.5. The van der Waals surface area contributed by atoms with Crippen LogP contribution in [-0.2, 0) is 14.3 Å². The lowest BCUT2D eigenvalue weighted by atomic mass is 10.1. The van der Waals surface area contributed by atoms with E-state index in [0.29, 0.717) is 19.6 Å². The maximum absolute atomic E-state index is 11.5. The number of carbonyl (C=O) groups excluding carboxylic acids is 1. The van der Waals surface area contributed by atoms with Crippen LogP contribution in [0.4, 0.5) is 0 Å². The molecule has 106 valence electrons. The van der Waals surface area contributed by atoms with Gasteiger partial charge in [0, 0.05) is 26.6 Å². The van der Waals surface area contributed by atoms with Crippen LogP contribution in [0.3, 0.4) is 0 Å². The van der Waals surface area contributed by atoms with Gasteiger partial charge >= 0.3 is 5.97 Å². The second kappa shape index (κ2) is 11.0. The van der Waals surface area contributed by atoms with Gasteiger partial charge in [0.15, 0.2) is 0 Å². The predicted octanol–water partition coefficient (Wildman–Crippen LogP) is 0.502. The molecule has 0 aliphatic rings. The van der Waals surface area contributed by atoms with Crippen molar-refractivity contribution in [1.82, 2.24) is 5.32 Å². The SMILES string of the molecule is COCCC(NC(=O)CCCCCCN)C(=O)O. The van der Waals surface area contributed by atoms with Crippen molar-refractivity contribution in [2.24, 2.45) is 5.73 Å². The lowest BCUT2D eigenvalue weighted by Crippen LogP contribution is -2.41. The Bertz CT molecular complexity index is 246.